The van der Waals surface area contributed by atoms with Crippen molar-refractivity contribution in [2.45, 2.75) is 6.92 Å². The zero-order chi connectivity index (χ0) is 31.4. The number of anilines is 3. The quantitative estimate of drug-likeness (QED) is 0.134. The van der Waals surface area contributed by atoms with E-state index in [4.69, 9.17) is 27.0 Å². The summed E-state index contributed by atoms with van der Waals surface area (Å²) in [5.74, 6) is 1.66. The Morgan fingerprint density at radius 2 is 1.72 bits per heavy atom. The number of carbonyl (C=O) groups excluding carboxylic acids is 1. The number of rotatable bonds is 10. The zero-order valence-electron chi connectivity index (χ0n) is 23.7. The number of hydrogen-bond acceptors (Lipinski definition) is 9. The molecule has 4 aromatic rings. The molecule has 3 aromatic carbocycles. The van der Waals surface area contributed by atoms with Crippen LogP contribution in [0.15, 0.2) is 85.1 Å². The first-order valence-corrected chi connectivity index (χ1v) is 14.3. The van der Waals surface area contributed by atoms with Gasteiger partial charge >= 0.3 is 10.4 Å². The molecule has 0 aliphatic rings. The van der Waals surface area contributed by atoms with Gasteiger partial charge in [0.25, 0.3) is 0 Å². The fraction of sp³-hybridized carbons (Fsp3) is 0.167. The number of likely N-dealkylation sites (N-methyl/N-ethyl adjacent to an activating group) is 1. The van der Waals surface area contributed by atoms with Crippen molar-refractivity contribution in [2.24, 2.45) is 0 Å². The van der Waals surface area contributed by atoms with Gasteiger partial charge in [0.05, 0.1) is 29.1 Å². The van der Waals surface area contributed by atoms with Crippen molar-refractivity contribution in [3.63, 3.8) is 0 Å². The molecule has 12 nitrogen and oxygen atoms in total. The molecule has 1 heterocycles. The molecule has 4 rings (SSSR count). The van der Waals surface area contributed by atoms with Crippen LogP contribution in [-0.4, -0.2) is 60.6 Å². The Morgan fingerprint density at radius 1 is 1.07 bits per heavy atom. The summed E-state index contributed by atoms with van der Waals surface area (Å²) in [5, 5.41) is 16.7. The third kappa shape index (κ3) is 10.7. The first-order valence-electron chi connectivity index (χ1n) is 12.9. The van der Waals surface area contributed by atoms with Crippen LogP contribution in [0.2, 0.25) is 0 Å². The number of benzene rings is 3. The molecule has 224 valence electrons. The van der Waals surface area contributed by atoms with Gasteiger partial charge in [-0.05, 0) is 63.5 Å². The second-order valence-corrected chi connectivity index (χ2v) is 10.0. The lowest BCUT2D eigenvalue weighted by molar-refractivity contribution is -0.111. The molecule has 1 amide bonds. The first-order chi connectivity index (χ1) is 20.5. The maximum absolute atomic E-state index is 12.6. The summed E-state index contributed by atoms with van der Waals surface area (Å²) in [5.41, 5.74) is 2.83. The van der Waals surface area contributed by atoms with Crippen LogP contribution in [0.25, 0.3) is 10.9 Å². The van der Waals surface area contributed by atoms with Crippen LogP contribution < -0.4 is 20.1 Å². The van der Waals surface area contributed by atoms with E-state index in [2.05, 4.69) is 21.7 Å². The molecule has 43 heavy (non-hydrogen) atoms. The second kappa shape index (κ2) is 15.3. The monoisotopic (exact) mass is 605 g/mol. The predicted molar refractivity (Wildman–Crippen MR) is 164 cm³/mol. The van der Waals surface area contributed by atoms with Crippen molar-refractivity contribution in [1.82, 2.24) is 9.88 Å². The Labute approximate surface area is 249 Å². The molecule has 0 fully saturated rings. The number of fused-ring (bicyclic) bond motifs is 1. The van der Waals surface area contributed by atoms with Gasteiger partial charge in [-0.1, -0.05) is 24.3 Å². The normalized spacial score (nSPS) is 11.0. The van der Waals surface area contributed by atoms with Gasteiger partial charge in [0.1, 0.15) is 23.3 Å². The van der Waals surface area contributed by atoms with E-state index < -0.39 is 10.4 Å². The zero-order valence-corrected chi connectivity index (χ0v) is 24.5. The first kappa shape index (κ1) is 32.5. The summed E-state index contributed by atoms with van der Waals surface area (Å²) in [6.07, 6.45) is 4.79. The molecule has 0 bridgehead atoms. The number of para-hydroxylation sites is 1. The number of carbonyl (C=O) groups is 1. The van der Waals surface area contributed by atoms with Crippen LogP contribution in [0.3, 0.4) is 0 Å². The average molecular weight is 606 g/mol. The highest BCUT2D eigenvalue weighted by molar-refractivity contribution is 7.79. The molecule has 0 aliphatic carbocycles. The van der Waals surface area contributed by atoms with E-state index in [9.17, 15) is 10.1 Å². The Hall–Kier alpha value is -5.00. The fourth-order valence-electron chi connectivity index (χ4n) is 3.73. The molecule has 0 aliphatic heterocycles. The molecular weight excluding hydrogens is 574 g/mol. The summed E-state index contributed by atoms with van der Waals surface area (Å²) < 4.78 is 43.2. The van der Waals surface area contributed by atoms with Crippen LogP contribution in [0.1, 0.15) is 12.5 Å². The van der Waals surface area contributed by atoms with Crippen molar-refractivity contribution >= 4 is 44.3 Å². The van der Waals surface area contributed by atoms with E-state index >= 15 is 0 Å². The number of nitriles is 1. The second-order valence-electron chi connectivity index (χ2n) is 9.12. The largest absolute Gasteiger partial charge is 0.492 e. The maximum atomic E-state index is 12.6. The van der Waals surface area contributed by atoms with Crippen LogP contribution in [0.4, 0.5) is 17.1 Å². The minimum absolute atomic E-state index is 0.278. The molecular formula is C30H31N5O7S. The molecule has 1 aromatic heterocycles. The summed E-state index contributed by atoms with van der Waals surface area (Å²) in [4.78, 5) is 19.0. The van der Waals surface area contributed by atoms with Gasteiger partial charge in [-0.25, -0.2) is 0 Å². The third-order valence-corrected chi connectivity index (χ3v) is 5.49. The lowest BCUT2D eigenvalue weighted by Gasteiger charge is -2.16. The summed E-state index contributed by atoms with van der Waals surface area (Å²) in [7, 11) is -0.812. The van der Waals surface area contributed by atoms with E-state index in [-0.39, 0.29) is 5.91 Å². The predicted octanol–water partition coefficient (Wildman–Crippen LogP) is 5.44. The molecule has 0 saturated carbocycles. The van der Waals surface area contributed by atoms with Gasteiger partial charge in [0.15, 0.2) is 0 Å². The highest BCUT2D eigenvalue weighted by Crippen LogP contribution is 2.36. The number of hydrogen-bond donors (Lipinski definition) is 4. The molecule has 0 atom stereocenters. The molecule has 0 radical (unpaired) electrons. The Bertz CT molecular complexity index is 1710. The number of aromatic nitrogens is 1. The highest BCUT2D eigenvalue weighted by Gasteiger charge is 2.15. The molecule has 0 unspecified atom stereocenters. The van der Waals surface area contributed by atoms with Crippen molar-refractivity contribution in [3.05, 3.63) is 90.6 Å². The fourth-order valence-corrected chi connectivity index (χ4v) is 3.73. The summed E-state index contributed by atoms with van der Waals surface area (Å²) in [6.45, 7) is 2.93. The van der Waals surface area contributed by atoms with Crippen molar-refractivity contribution in [3.8, 4) is 23.3 Å². The van der Waals surface area contributed by atoms with Crippen molar-refractivity contribution in [2.75, 3.05) is 37.9 Å². The molecule has 0 spiro atoms. The number of nitrogens with one attached hydrogen (secondary N) is 2. The van der Waals surface area contributed by atoms with Crippen LogP contribution in [-0.2, 0) is 15.2 Å². The molecule has 4 N–H and O–H groups in total. The van der Waals surface area contributed by atoms with Gasteiger partial charge in [-0.2, -0.15) is 13.7 Å². The van der Waals surface area contributed by atoms with Crippen molar-refractivity contribution < 1.29 is 31.8 Å². The van der Waals surface area contributed by atoms with Crippen LogP contribution >= 0.6 is 0 Å². The minimum atomic E-state index is -4.67. The van der Waals surface area contributed by atoms with Gasteiger partial charge in [-0.3, -0.25) is 18.9 Å². The smallest absolute Gasteiger partial charge is 0.394 e. The van der Waals surface area contributed by atoms with E-state index in [1.807, 2.05) is 80.5 Å². The number of nitrogens with zero attached hydrogens (tertiary/aromatic N) is 3. The van der Waals surface area contributed by atoms with Crippen LogP contribution in [0.5, 0.6) is 17.2 Å². The Kier molecular flexibility index (Phi) is 11.6. The van der Waals surface area contributed by atoms with E-state index in [1.165, 1.54) is 12.3 Å². The highest BCUT2D eigenvalue weighted by atomic mass is 32.3. The van der Waals surface area contributed by atoms with E-state index in [1.54, 1.807) is 18.2 Å². The maximum Gasteiger partial charge on any atom is 0.394 e. The van der Waals surface area contributed by atoms with Crippen molar-refractivity contribution in [1.29, 1.82) is 5.26 Å². The van der Waals surface area contributed by atoms with Gasteiger partial charge in [-0.15, -0.1) is 0 Å². The summed E-state index contributed by atoms with van der Waals surface area (Å²) >= 11 is 0. The molecule has 0 saturated heterocycles. The third-order valence-electron chi connectivity index (χ3n) is 5.49. The standard InChI is InChI=1S/C30H29N5O3.H2O4S/c1-4-37-28-18-26-25(17-27(28)34-29(36)11-8-16-35(2)3)30(21(19-31)20-32-26)33-22-12-14-24(15-13-22)38-23-9-6-5-7-10-23;1-5(2,3)4/h5-15,17-18,20H,4,16H2,1-3H3,(H,32,33)(H,34,36);(H2,1,2,3,4)/b11-8+;. The SMILES string of the molecule is CCOc1cc2ncc(C#N)c(Nc3ccc(Oc4ccccc4)cc3)c2cc1NC(=O)/C=C/CN(C)C.O=S(=O)(O)O. The van der Waals surface area contributed by atoms with E-state index in [0.29, 0.717) is 52.5 Å². The minimum Gasteiger partial charge on any atom is -0.492 e. The average Bonchev–Trinajstić information content (AvgIpc) is 2.94. The summed E-state index contributed by atoms with van der Waals surface area (Å²) in [6, 6.07) is 22.7. The Balaban J connectivity index is 0.000000934. The lowest BCUT2D eigenvalue weighted by Crippen LogP contribution is -2.13. The van der Waals surface area contributed by atoms with E-state index in [0.717, 1.165) is 11.4 Å². The van der Waals surface area contributed by atoms with Crippen LogP contribution in [0, 0.1) is 11.3 Å². The lowest BCUT2D eigenvalue weighted by atomic mass is 10.1. The number of ether oxygens (including phenoxy) is 2. The Morgan fingerprint density at radius 3 is 2.33 bits per heavy atom. The number of pyridine rings is 1. The number of amides is 1. The van der Waals surface area contributed by atoms with Gasteiger partial charge in [0, 0.05) is 36.0 Å². The van der Waals surface area contributed by atoms with Gasteiger partial charge < -0.3 is 25.0 Å². The topological polar surface area (TPSA) is 174 Å². The molecule has 13 heteroatoms. The van der Waals surface area contributed by atoms with Gasteiger partial charge in [0.2, 0.25) is 5.91 Å².